The zero-order valence-electron chi connectivity index (χ0n) is 20.6. The Balaban J connectivity index is 1.22. The smallest absolute Gasteiger partial charge is 0.322 e. The number of benzene rings is 2. The van der Waals surface area contributed by atoms with E-state index in [-0.39, 0.29) is 38.4 Å². The van der Waals surface area contributed by atoms with Crippen molar-refractivity contribution in [1.82, 2.24) is 25.2 Å². The minimum atomic E-state index is -0.467. The van der Waals surface area contributed by atoms with Crippen LogP contribution in [0.3, 0.4) is 0 Å². The van der Waals surface area contributed by atoms with Gasteiger partial charge in [0.25, 0.3) is 5.91 Å². The van der Waals surface area contributed by atoms with Crippen LogP contribution in [0.2, 0.25) is 0 Å². The average molecular weight is 523 g/mol. The molecule has 3 amide bonds. The van der Waals surface area contributed by atoms with E-state index in [9.17, 15) is 9.59 Å². The summed E-state index contributed by atoms with van der Waals surface area (Å²) >= 11 is 0. The summed E-state index contributed by atoms with van der Waals surface area (Å²) in [5.74, 6) is 1.84. The van der Waals surface area contributed by atoms with E-state index < -0.39 is 12.1 Å². The van der Waals surface area contributed by atoms with Crippen LogP contribution in [0.1, 0.15) is 16.1 Å². The molecule has 4 heterocycles. The molecular formula is C25H26N6O7. The number of fused-ring (bicyclic) bond motifs is 6. The molecule has 1 saturated heterocycles. The van der Waals surface area contributed by atoms with Gasteiger partial charge in [0, 0.05) is 23.9 Å². The number of aromatic nitrogens is 3. The molecular weight excluding hydrogens is 496 g/mol. The summed E-state index contributed by atoms with van der Waals surface area (Å²) in [4.78, 5) is 27.9. The van der Waals surface area contributed by atoms with Crippen molar-refractivity contribution in [3.63, 3.8) is 0 Å². The van der Waals surface area contributed by atoms with Gasteiger partial charge in [-0.1, -0.05) is 5.21 Å². The maximum absolute atomic E-state index is 13.2. The standard InChI is InChI=1S/C25H26N6O7/c1-34-19-4-2-15-8-21(19)35-7-6-31-10-17(28-29-31)13-36-23-12-30(11-18(23)27-24(15)32)25(33)26-16-3-5-20-22(9-16)38-14-37-20/h2-5,8-10,18,23H,6-7,11-14H2,1H3,(H,26,33)(H,27,32)/t18-,23-/m0/s1. The Morgan fingerprint density at radius 2 is 2.00 bits per heavy atom. The number of nitrogens with zero attached hydrogens (tertiary/aromatic N) is 4. The molecule has 1 aromatic heterocycles. The minimum Gasteiger partial charge on any atom is -0.493 e. The molecule has 0 radical (unpaired) electrons. The number of ether oxygens (including phenoxy) is 5. The van der Waals surface area contributed by atoms with Crippen LogP contribution in [0.15, 0.2) is 42.6 Å². The topological polar surface area (TPSA) is 138 Å². The van der Waals surface area contributed by atoms with E-state index in [1.54, 1.807) is 52.2 Å². The maximum Gasteiger partial charge on any atom is 0.322 e. The fraction of sp³-hybridized carbons (Fsp3) is 0.360. The van der Waals surface area contributed by atoms with Crippen LogP contribution < -0.4 is 29.6 Å². The Morgan fingerprint density at radius 3 is 2.89 bits per heavy atom. The van der Waals surface area contributed by atoms with E-state index in [0.29, 0.717) is 53.1 Å². The summed E-state index contributed by atoms with van der Waals surface area (Å²) in [5.41, 5.74) is 1.60. The normalized spacial score (nSPS) is 20.4. The predicted octanol–water partition coefficient (Wildman–Crippen LogP) is 1.64. The highest BCUT2D eigenvalue weighted by atomic mass is 16.7. The van der Waals surface area contributed by atoms with Crippen LogP contribution in [0.4, 0.5) is 10.5 Å². The number of carbonyl (C=O) groups is 2. The first-order chi connectivity index (χ1) is 18.6. The van der Waals surface area contributed by atoms with Gasteiger partial charge >= 0.3 is 6.03 Å². The van der Waals surface area contributed by atoms with Gasteiger partial charge in [-0.3, -0.25) is 4.79 Å². The van der Waals surface area contributed by atoms with Gasteiger partial charge in [-0.05, 0) is 30.3 Å². The number of methoxy groups -OCH3 is 1. The third-order valence-corrected chi connectivity index (χ3v) is 6.53. The van der Waals surface area contributed by atoms with Crippen molar-refractivity contribution >= 4 is 17.6 Å². The van der Waals surface area contributed by atoms with Crippen LogP contribution in [-0.4, -0.2) is 77.6 Å². The Labute approximate surface area is 217 Å². The Hall–Kier alpha value is -4.52. The van der Waals surface area contributed by atoms with E-state index in [0.717, 1.165) is 0 Å². The Kier molecular flexibility index (Phi) is 6.33. The third kappa shape index (κ3) is 4.87. The molecule has 38 heavy (non-hydrogen) atoms. The molecule has 13 nitrogen and oxygen atoms in total. The van der Waals surface area contributed by atoms with Gasteiger partial charge in [0.2, 0.25) is 6.79 Å². The lowest BCUT2D eigenvalue weighted by molar-refractivity contribution is 0.0312. The molecule has 3 aliphatic rings. The van der Waals surface area contributed by atoms with Crippen LogP contribution >= 0.6 is 0 Å². The lowest BCUT2D eigenvalue weighted by atomic mass is 10.1. The molecule has 13 heteroatoms. The zero-order valence-corrected chi connectivity index (χ0v) is 20.6. The maximum atomic E-state index is 13.2. The summed E-state index contributed by atoms with van der Waals surface area (Å²) in [6.45, 7) is 1.60. The van der Waals surface area contributed by atoms with E-state index in [4.69, 9.17) is 23.7 Å². The highest BCUT2D eigenvalue weighted by Gasteiger charge is 2.37. The highest BCUT2D eigenvalue weighted by Crippen LogP contribution is 2.34. The summed E-state index contributed by atoms with van der Waals surface area (Å²) in [7, 11) is 1.54. The van der Waals surface area contributed by atoms with E-state index in [2.05, 4.69) is 20.9 Å². The molecule has 3 aromatic rings. The first-order valence-corrected chi connectivity index (χ1v) is 12.1. The summed E-state index contributed by atoms with van der Waals surface area (Å²) in [5, 5.41) is 14.2. The molecule has 1 fully saturated rings. The van der Waals surface area contributed by atoms with Gasteiger partial charge in [0.15, 0.2) is 23.0 Å². The fourth-order valence-corrected chi connectivity index (χ4v) is 4.56. The number of hydrogen-bond acceptors (Lipinski definition) is 9. The van der Waals surface area contributed by atoms with Crippen molar-refractivity contribution in [3.05, 3.63) is 53.9 Å². The highest BCUT2D eigenvalue weighted by molar-refractivity contribution is 5.95. The van der Waals surface area contributed by atoms with Crippen molar-refractivity contribution in [3.8, 4) is 23.0 Å². The van der Waals surface area contributed by atoms with Crippen LogP contribution in [0.25, 0.3) is 0 Å². The van der Waals surface area contributed by atoms with Gasteiger partial charge < -0.3 is 39.2 Å². The summed E-state index contributed by atoms with van der Waals surface area (Å²) < 4.78 is 29.8. The lowest BCUT2D eigenvalue weighted by Crippen LogP contribution is -2.44. The van der Waals surface area contributed by atoms with Gasteiger partial charge in [-0.2, -0.15) is 0 Å². The second-order valence-corrected chi connectivity index (χ2v) is 9.02. The second-order valence-electron chi connectivity index (χ2n) is 9.02. The number of hydrogen-bond donors (Lipinski definition) is 2. The molecule has 3 aliphatic heterocycles. The monoisotopic (exact) mass is 522 g/mol. The number of likely N-dealkylation sites (tertiary alicyclic amines) is 1. The van der Waals surface area contributed by atoms with Crippen LogP contribution in [0.5, 0.6) is 23.0 Å². The average Bonchev–Trinajstić information content (AvgIpc) is 3.67. The predicted molar refractivity (Wildman–Crippen MR) is 131 cm³/mol. The molecule has 2 N–H and O–H groups in total. The summed E-state index contributed by atoms with van der Waals surface area (Å²) in [6, 6.07) is 9.39. The van der Waals surface area contributed by atoms with Crippen molar-refractivity contribution in [2.45, 2.75) is 25.3 Å². The number of amides is 3. The van der Waals surface area contributed by atoms with E-state index >= 15 is 0 Å². The van der Waals surface area contributed by atoms with Gasteiger partial charge in [0.05, 0.1) is 45.1 Å². The second kappa shape index (κ2) is 10.1. The van der Waals surface area contributed by atoms with Gasteiger partial charge in [-0.25, -0.2) is 9.48 Å². The quantitative estimate of drug-likeness (QED) is 0.514. The van der Waals surface area contributed by atoms with Gasteiger partial charge in [-0.15, -0.1) is 5.10 Å². The number of carbonyl (C=O) groups excluding carboxylic acids is 2. The van der Waals surface area contributed by atoms with E-state index in [1.807, 2.05) is 0 Å². The summed E-state index contributed by atoms with van der Waals surface area (Å²) in [6.07, 6.45) is 1.31. The Morgan fingerprint density at radius 1 is 1.11 bits per heavy atom. The molecule has 198 valence electrons. The van der Waals surface area contributed by atoms with Gasteiger partial charge in [0.1, 0.15) is 12.3 Å². The fourth-order valence-electron chi connectivity index (χ4n) is 4.56. The lowest BCUT2D eigenvalue weighted by Gasteiger charge is -2.20. The number of anilines is 1. The molecule has 2 aromatic carbocycles. The minimum absolute atomic E-state index is 0.148. The first kappa shape index (κ1) is 23.9. The van der Waals surface area contributed by atoms with Crippen molar-refractivity contribution in [2.24, 2.45) is 0 Å². The molecule has 2 atom stereocenters. The van der Waals surface area contributed by atoms with Crippen LogP contribution in [-0.2, 0) is 17.9 Å². The number of rotatable bonds is 2. The third-order valence-electron chi connectivity index (χ3n) is 6.53. The largest absolute Gasteiger partial charge is 0.493 e. The van der Waals surface area contributed by atoms with Crippen molar-refractivity contribution in [1.29, 1.82) is 0 Å². The molecule has 0 spiro atoms. The number of nitrogens with one attached hydrogen (secondary N) is 2. The van der Waals surface area contributed by atoms with Crippen molar-refractivity contribution in [2.75, 3.05) is 38.9 Å². The molecule has 6 rings (SSSR count). The molecule has 0 unspecified atom stereocenters. The molecule has 0 aliphatic carbocycles. The first-order valence-electron chi connectivity index (χ1n) is 12.1. The van der Waals surface area contributed by atoms with E-state index in [1.165, 1.54) is 7.11 Å². The SMILES string of the molecule is COc1ccc2cc1OCCn1cc(nn1)CO[C@H]1CN(C(=O)Nc3ccc4c(c3)OCO4)C[C@@H]1NC2=O. The Bertz CT molecular complexity index is 1360. The van der Waals surface area contributed by atoms with Crippen molar-refractivity contribution < 1.29 is 33.3 Å². The molecule has 0 saturated carbocycles. The molecule has 4 bridgehead atoms. The zero-order chi connectivity index (χ0) is 26.1. The number of urea groups is 1. The van der Waals surface area contributed by atoms with Crippen LogP contribution in [0, 0.1) is 0 Å².